The molecule has 0 amide bonds. The van der Waals surface area contributed by atoms with E-state index in [0.717, 1.165) is 31.6 Å². The summed E-state index contributed by atoms with van der Waals surface area (Å²) in [6, 6.07) is 0. The van der Waals surface area contributed by atoms with E-state index in [2.05, 4.69) is 19.9 Å². The molecule has 132 valence electrons. The lowest BCUT2D eigenvalue weighted by molar-refractivity contribution is -0.159. The number of ketones is 1. The van der Waals surface area contributed by atoms with Crippen molar-refractivity contribution in [2.75, 3.05) is 0 Å². The van der Waals surface area contributed by atoms with Crippen LogP contribution in [0, 0.1) is 34.5 Å². The highest BCUT2D eigenvalue weighted by Gasteiger charge is 2.59. The summed E-state index contributed by atoms with van der Waals surface area (Å²) in [5, 5.41) is 0. The average Bonchev–Trinajstić information content (AvgIpc) is 2.83. The van der Waals surface area contributed by atoms with Crippen molar-refractivity contribution in [1.29, 1.82) is 0 Å². The highest BCUT2D eigenvalue weighted by molar-refractivity contribution is 5.97. The maximum Gasteiger partial charge on any atom is 0.302 e. The minimum atomic E-state index is -0.139. The third-order valence-electron chi connectivity index (χ3n) is 8.22. The molecule has 7 atom stereocenters. The predicted molar refractivity (Wildman–Crippen MR) is 92.2 cm³/mol. The van der Waals surface area contributed by atoms with E-state index >= 15 is 0 Å². The van der Waals surface area contributed by atoms with Crippen LogP contribution in [0.25, 0.3) is 0 Å². The highest BCUT2D eigenvalue weighted by atomic mass is 16.5. The molecule has 0 aromatic carbocycles. The van der Waals surface area contributed by atoms with Crippen LogP contribution in [-0.2, 0) is 14.3 Å². The van der Waals surface area contributed by atoms with Crippen molar-refractivity contribution < 1.29 is 14.3 Å². The molecule has 0 saturated heterocycles. The van der Waals surface area contributed by atoms with Crippen LogP contribution < -0.4 is 0 Å². The van der Waals surface area contributed by atoms with Gasteiger partial charge in [0.15, 0.2) is 5.78 Å². The van der Waals surface area contributed by atoms with Crippen molar-refractivity contribution in [2.24, 2.45) is 34.5 Å². The van der Waals surface area contributed by atoms with Gasteiger partial charge in [-0.2, -0.15) is 0 Å². The number of hydrogen-bond acceptors (Lipinski definition) is 3. The van der Waals surface area contributed by atoms with Crippen molar-refractivity contribution in [3.05, 3.63) is 12.2 Å². The molecular weight excluding hydrogens is 300 g/mol. The van der Waals surface area contributed by atoms with Gasteiger partial charge in [0.05, 0.1) is 0 Å². The van der Waals surface area contributed by atoms with E-state index in [1.807, 2.05) is 6.08 Å². The Labute approximate surface area is 145 Å². The molecule has 0 heterocycles. The van der Waals surface area contributed by atoms with Gasteiger partial charge in [0.1, 0.15) is 6.10 Å². The number of esters is 1. The van der Waals surface area contributed by atoms with Crippen molar-refractivity contribution in [3.8, 4) is 0 Å². The van der Waals surface area contributed by atoms with Gasteiger partial charge in [0, 0.05) is 12.3 Å². The Morgan fingerprint density at radius 1 is 1.17 bits per heavy atom. The third-order valence-corrected chi connectivity index (χ3v) is 8.22. The fourth-order valence-corrected chi connectivity index (χ4v) is 6.83. The van der Waals surface area contributed by atoms with E-state index in [9.17, 15) is 9.59 Å². The first-order chi connectivity index (χ1) is 11.3. The zero-order valence-electron chi connectivity index (χ0n) is 15.2. The van der Waals surface area contributed by atoms with E-state index < -0.39 is 0 Å². The maximum absolute atomic E-state index is 12.4. The molecule has 4 aliphatic rings. The van der Waals surface area contributed by atoms with Crippen LogP contribution >= 0.6 is 0 Å². The number of carbonyl (C=O) groups is 2. The number of ether oxygens (including phenoxy) is 1. The lowest BCUT2D eigenvalue weighted by atomic mass is 9.45. The Balaban J connectivity index is 1.55. The Hall–Kier alpha value is -1.12. The van der Waals surface area contributed by atoms with Crippen LogP contribution in [0.15, 0.2) is 12.2 Å². The van der Waals surface area contributed by atoms with Crippen LogP contribution in [0.1, 0.15) is 65.7 Å². The van der Waals surface area contributed by atoms with Crippen molar-refractivity contribution in [1.82, 2.24) is 0 Å². The second kappa shape index (κ2) is 5.44. The topological polar surface area (TPSA) is 43.4 Å². The largest absolute Gasteiger partial charge is 0.463 e. The number of fused-ring (bicyclic) bond motifs is 5. The van der Waals surface area contributed by atoms with Crippen LogP contribution in [0.3, 0.4) is 0 Å². The quantitative estimate of drug-likeness (QED) is 0.673. The lowest BCUT2D eigenvalue weighted by Crippen LogP contribution is -2.54. The molecule has 0 aromatic rings. The third kappa shape index (κ3) is 2.23. The molecule has 1 unspecified atom stereocenters. The van der Waals surface area contributed by atoms with Crippen LogP contribution in [0.4, 0.5) is 0 Å². The minimum absolute atomic E-state index is 0.124. The number of hydrogen-bond donors (Lipinski definition) is 0. The summed E-state index contributed by atoms with van der Waals surface area (Å²) in [5.74, 6) is 2.73. The van der Waals surface area contributed by atoms with E-state index in [4.69, 9.17) is 4.74 Å². The Morgan fingerprint density at radius 3 is 2.71 bits per heavy atom. The van der Waals surface area contributed by atoms with Crippen molar-refractivity contribution in [3.63, 3.8) is 0 Å². The standard InChI is InChI=1S/C21H30O3/c1-13(22)24-15-8-10-20(2)14(12-15)4-5-16-17-6-7-19(23)21(17,3)11-9-18(16)20/h6-7,14-18H,4-5,8-12H2,1-3H3/t14-,15-,16-,17-,18?,20-,21-/m0/s1. The smallest absolute Gasteiger partial charge is 0.302 e. The lowest BCUT2D eigenvalue weighted by Gasteiger charge is -2.60. The molecule has 0 spiro atoms. The first kappa shape index (κ1) is 16.4. The summed E-state index contributed by atoms with van der Waals surface area (Å²) in [6.45, 7) is 6.21. The summed E-state index contributed by atoms with van der Waals surface area (Å²) in [7, 11) is 0. The molecule has 24 heavy (non-hydrogen) atoms. The van der Waals surface area contributed by atoms with Crippen LogP contribution in [0.2, 0.25) is 0 Å². The SMILES string of the molecule is CC(=O)O[C@H]1CC[C@]2(C)C3CC[C@]4(C)C(=O)C=C[C@H]4[C@@H]3CC[C@H]2C1. The van der Waals surface area contributed by atoms with Gasteiger partial charge in [-0.15, -0.1) is 0 Å². The van der Waals surface area contributed by atoms with Gasteiger partial charge in [-0.1, -0.05) is 19.9 Å². The van der Waals surface area contributed by atoms with Gasteiger partial charge >= 0.3 is 5.97 Å². The molecule has 0 aromatic heterocycles. The zero-order chi connectivity index (χ0) is 17.1. The summed E-state index contributed by atoms with van der Waals surface area (Å²) in [6.07, 6.45) is 12.1. The minimum Gasteiger partial charge on any atom is -0.463 e. The molecule has 4 rings (SSSR count). The normalized spacial score (nSPS) is 50.0. The monoisotopic (exact) mass is 330 g/mol. The Morgan fingerprint density at radius 2 is 1.96 bits per heavy atom. The van der Waals surface area contributed by atoms with Crippen molar-refractivity contribution >= 4 is 11.8 Å². The van der Waals surface area contributed by atoms with Gasteiger partial charge in [-0.25, -0.2) is 0 Å². The summed E-state index contributed by atoms with van der Waals surface area (Å²) < 4.78 is 5.53. The second-order valence-electron chi connectivity index (χ2n) is 9.26. The van der Waals surface area contributed by atoms with Crippen molar-refractivity contribution in [2.45, 2.75) is 71.8 Å². The van der Waals surface area contributed by atoms with E-state index in [1.54, 1.807) is 0 Å². The molecule has 0 aliphatic heterocycles. The van der Waals surface area contributed by atoms with Crippen LogP contribution in [-0.4, -0.2) is 17.9 Å². The van der Waals surface area contributed by atoms with Gasteiger partial charge in [-0.05, 0) is 80.1 Å². The molecular formula is C21H30O3. The second-order valence-corrected chi connectivity index (χ2v) is 9.26. The van der Waals surface area contributed by atoms with Crippen LogP contribution in [0.5, 0.6) is 0 Å². The first-order valence-corrected chi connectivity index (χ1v) is 9.74. The molecule has 3 saturated carbocycles. The Kier molecular flexibility index (Phi) is 3.71. The molecule has 3 fully saturated rings. The zero-order valence-corrected chi connectivity index (χ0v) is 15.2. The number of carbonyl (C=O) groups excluding carboxylic acids is 2. The number of allylic oxidation sites excluding steroid dienone is 2. The summed E-state index contributed by atoms with van der Waals surface area (Å²) in [4.78, 5) is 23.7. The first-order valence-electron chi connectivity index (χ1n) is 9.74. The highest BCUT2D eigenvalue weighted by Crippen LogP contribution is 2.64. The predicted octanol–water partition coefficient (Wildman–Crippen LogP) is 4.31. The fourth-order valence-electron chi connectivity index (χ4n) is 6.83. The molecule has 3 heteroatoms. The summed E-state index contributed by atoms with van der Waals surface area (Å²) >= 11 is 0. The van der Waals surface area contributed by atoms with Gasteiger partial charge in [0.2, 0.25) is 0 Å². The van der Waals surface area contributed by atoms with Gasteiger partial charge in [-0.3, -0.25) is 9.59 Å². The van der Waals surface area contributed by atoms with Gasteiger partial charge < -0.3 is 4.74 Å². The fraction of sp³-hybridized carbons (Fsp3) is 0.810. The molecule has 0 radical (unpaired) electrons. The summed E-state index contributed by atoms with van der Waals surface area (Å²) in [5.41, 5.74) is 0.236. The van der Waals surface area contributed by atoms with Gasteiger partial charge in [0.25, 0.3) is 0 Å². The van der Waals surface area contributed by atoms with E-state index in [-0.39, 0.29) is 17.5 Å². The molecule has 0 bridgehead atoms. The van der Waals surface area contributed by atoms with E-state index in [1.165, 1.54) is 26.2 Å². The maximum atomic E-state index is 12.4. The molecule has 0 N–H and O–H groups in total. The average molecular weight is 330 g/mol. The van der Waals surface area contributed by atoms with E-state index in [0.29, 0.717) is 29.0 Å². The molecule has 4 aliphatic carbocycles. The molecule has 3 nitrogen and oxygen atoms in total. The Bertz CT molecular complexity index is 594. The number of rotatable bonds is 1.